The molecule has 0 bridgehead atoms. The monoisotopic (exact) mass is 510 g/mol. The van der Waals surface area contributed by atoms with Crippen LogP contribution >= 0.6 is 0 Å². The fraction of sp³-hybridized carbons (Fsp3) is 0.833. The van der Waals surface area contributed by atoms with E-state index in [9.17, 15) is 14.4 Å². The lowest BCUT2D eigenvalue weighted by molar-refractivity contribution is -0.167. The molecule has 0 saturated carbocycles. The second kappa shape index (κ2) is 26.2. The van der Waals surface area contributed by atoms with Crippen molar-refractivity contribution in [1.82, 2.24) is 0 Å². The van der Waals surface area contributed by atoms with Crippen LogP contribution in [0.25, 0.3) is 0 Å². The number of rotatable bonds is 26. The Kier molecular flexibility index (Phi) is 24.9. The Bertz CT molecular complexity index is 560. The van der Waals surface area contributed by atoms with Crippen molar-refractivity contribution in [2.45, 2.75) is 148 Å². The van der Waals surface area contributed by atoms with Crippen LogP contribution in [0.2, 0.25) is 0 Å². The zero-order valence-corrected chi connectivity index (χ0v) is 23.4. The molecule has 0 aromatic carbocycles. The van der Waals surface area contributed by atoms with Crippen LogP contribution < -0.4 is 0 Å². The van der Waals surface area contributed by atoms with Crippen molar-refractivity contribution < 1.29 is 28.6 Å². The quantitative estimate of drug-likeness (QED) is 0.0507. The number of esters is 3. The Morgan fingerprint density at radius 1 is 0.583 bits per heavy atom. The zero-order chi connectivity index (χ0) is 26.7. The Morgan fingerprint density at radius 3 is 1.42 bits per heavy atom. The Morgan fingerprint density at radius 2 is 0.972 bits per heavy atom. The molecule has 0 heterocycles. The first-order valence-electron chi connectivity index (χ1n) is 14.6. The molecule has 0 aromatic rings. The molecule has 0 aliphatic heterocycles. The van der Waals surface area contributed by atoms with Crippen molar-refractivity contribution >= 4 is 17.9 Å². The summed E-state index contributed by atoms with van der Waals surface area (Å²) < 4.78 is 16.2. The fourth-order valence-electron chi connectivity index (χ4n) is 3.89. The summed E-state index contributed by atoms with van der Waals surface area (Å²) in [6.45, 7) is 7.91. The van der Waals surface area contributed by atoms with Gasteiger partial charge in [-0.15, -0.1) is 6.58 Å². The van der Waals surface area contributed by atoms with Crippen molar-refractivity contribution in [2.75, 3.05) is 13.2 Å². The summed E-state index contributed by atoms with van der Waals surface area (Å²) in [5.74, 6) is -0.942. The number of ether oxygens (including phenoxy) is 3. The Balaban J connectivity index is 4.37. The summed E-state index contributed by atoms with van der Waals surface area (Å²) in [6, 6.07) is 0. The van der Waals surface area contributed by atoms with Gasteiger partial charge in [-0.25, -0.2) is 0 Å². The van der Waals surface area contributed by atoms with Crippen LogP contribution in [0.5, 0.6) is 0 Å². The maximum absolute atomic E-state index is 12.3. The van der Waals surface area contributed by atoms with Gasteiger partial charge in [0.25, 0.3) is 0 Å². The minimum absolute atomic E-state index is 0.0776. The van der Waals surface area contributed by atoms with Crippen LogP contribution in [0.15, 0.2) is 12.7 Å². The number of carbonyl (C=O) groups is 3. The molecule has 0 spiro atoms. The van der Waals surface area contributed by atoms with Gasteiger partial charge >= 0.3 is 17.9 Å². The standard InChI is InChI=1S/C30H54O6/c1-4-7-10-13-16-19-22-28(31)34-25-27(36-30(33)24-21-18-15-12-9-6-3)26-35-29(32)23-20-17-14-11-8-5-2/h4,27H,1,5-26H2,2-3H3. The molecule has 0 saturated heterocycles. The van der Waals surface area contributed by atoms with E-state index in [-0.39, 0.29) is 31.1 Å². The predicted molar refractivity (Wildman–Crippen MR) is 146 cm³/mol. The van der Waals surface area contributed by atoms with Gasteiger partial charge in [0.15, 0.2) is 6.10 Å². The second-order valence-electron chi connectivity index (χ2n) is 9.75. The van der Waals surface area contributed by atoms with Gasteiger partial charge in [0.2, 0.25) is 0 Å². The lowest BCUT2D eigenvalue weighted by Gasteiger charge is -2.18. The highest BCUT2D eigenvalue weighted by molar-refractivity contribution is 5.71. The predicted octanol–water partition coefficient (Wildman–Crippen LogP) is 8.01. The molecule has 0 N–H and O–H groups in total. The van der Waals surface area contributed by atoms with E-state index < -0.39 is 6.10 Å². The molecule has 1 unspecified atom stereocenters. The average molecular weight is 511 g/mol. The number of hydrogen-bond donors (Lipinski definition) is 0. The van der Waals surface area contributed by atoms with Gasteiger partial charge in [-0.3, -0.25) is 14.4 Å². The molecular weight excluding hydrogens is 456 g/mol. The summed E-state index contributed by atoms with van der Waals surface area (Å²) in [6.07, 6.45) is 20.1. The van der Waals surface area contributed by atoms with E-state index in [1.165, 1.54) is 38.5 Å². The van der Waals surface area contributed by atoms with Crippen molar-refractivity contribution in [3.8, 4) is 0 Å². The number of allylic oxidation sites excluding steroid dienone is 1. The first kappa shape index (κ1) is 34.1. The van der Waals surface area contributed by atoms with Crippen molar-refractivity contribution in [2.24, 2.45) is 0 Å². The molecule has 0 aliphatic carbocycles. The smallest absolute Gasteiger partial charge is 0.306 e. The molecule has 0 rings (SSSR count). The van der Waals surface area contributed by atoms with Crippen LogP contribution in [0, 0.1) is 0 Å². The molecule has 0 aromatic heterocycles. The molecule has 6 heteroatoms. The highest BCUT2D eigenvalue weighted by Crippen LogP contribution is 2.11. The van der Waals surface area contributed by atoms with Crippen molar-refractivity contribution in [1.29, 1.82) is 0 Å². The van der Waals surface area contributed by atoms with E-state index in [0.29, 0.717) is 19.3 Å². The van der Waals surface area contributed by atoms with E-state index in [2.05, 4.69) is 20.4 Å². The Hall–Kier alpha value is -1.85. The van der Waals surface area contributed by atoms with E-state index in [4.69, 9.17) is 14.2 Å². The van der Waals surface area contributed by atoms with E-state index in [1.807, 2.05) is 6.08 Å². The minimum atomic E-state index is -0.761. The van der Waals surface area contributed by atoms with Gasteiger partial charge in [-0.1, -0.05) is 97.0 Å². The van der Waals surface area contributed by atoms with Gasteiger partial charge in [0, 0.05) is 19.3 Å². The minimum Gasteiger partial charge on any atom is -0.462 e. The van der Waals surface area contributed by atoms with E-state index in [1.54, 1.807) is 0 Å². The number of hydrogen-bond acceptors (Lipinski definition) is 6. The summed E-state index contributed by atoms with van der Waals surface area (Å²) in [5, 5.41) is 0. The van der Waals surface area contributed by atoms with Crippen LogP contribution in [-0.4, -0.2) is 37.2 Å². The summed E-state index contributed by atoms with van der Waals surface area (Å²) in [7, 11) is 0. The molecule has 6 nitrogen and oxygen atoms in total. The normalized spacial score (nSPS) is 11.6. The lowest BCUT2D eigenvalue weighted by Crippen LogP contribution is -2.30. The van der Waals surface area contributed by atoms with Crippen LogP contribution in [0.1, 0.15) is 142 Å². The molecule has 0 radical (unpaired) electrons. The van der Waals surface area contributed by atoms with Crippen molar-refractivity contribution in [3.63, 3.8) is 0 Å². The third kappa shape index (κ3) is 23.9. The van der Waals surface area contributed by atoms with Crippen LogP contribution in [0.4, 0.5) is 0 Å². The first-order valence-corrected chi connectivity index (χ1v) is 14.6. The third-order valence-electron chi connectivity index (χ3n) is 6.17. The second-order valence-corrected chi connectivity index (χ2v) is 9.75. The third-order valence-corrected chi connectivity index (χ3v) is 6.17. The maximum atomic E-state index is 12.3. The number of unbranched alkanes of at least 4 members (excludes halogenated alkanes) is 14. The van der Waals surface area contributed by atoms with Crippen molar-refractivity contribution in [3.05, 3.63) is 12.7 Å². The van der Waals surface area contributed by atoms with Gasteiger partial charge in [-0.05, 0) is 32.1 Å². The summed E-state index contributed by atoms with van der Waals surface area (Å²) in [5.41, 5.74) is 0. The highest BCUT2D eigenvalue weighted by atomic mass is 16.6. The average Bonchev–Trinajstić information content (AvgIpc) is 2.87. The Labute approximate surface area is 220 Å². The molecule has 36 heavy (non-hydrogen) atoms. The molecule has 0 fully saturated rings. The van der Waals surface area contributed by atoms with E-state index in [0.717, 1.165) is 70.6 Å². The van der Waals surface area contributed by atoms with E-state index >= 15 is 0 Å². The van der Waals surface area contributed by atoms with Gasteiger partial charge in [0.1, 0.15) is 13.2 Å². The SMILES string of the molecule is C=CCCCCCCC(=O)OCC(COC(=O)CCCCCCCC)OC(=O)CCCCCCCC. The van der Waals surface area contributed by atoms with Gasteiger partial charge < -0.3 is 14.2 Å². The first-order chi connectivity index (χ1) is 17.5. The zero-order valence-electron chi connectivity index (χ0n) is 23.4. The molecule has 210 valence electrons. The molecule has 0 amide bonds. The summed E-state index contributed by atoms with van der Waals surface area (Å²) >= 11 is 0. The van der Waals surface area contributed by atoms with Gasteiger partial charge in [-0.2, -0.15) is 0 Å². The largest absolute Gasteiger partial charge is 0.462 e. The maximum Gasteiger partial charge on any atom is 0.306 e. The van der Waals surface area contributed by atoms with Crippen LogP contribution in [0.3, 0.4) is 0 Å². The highest BCUT2D eigenvalue weighted by Gasteiger charge is 2.19. The van der Waals surface area contributed by atoms with Gasteiger partial charge in [0.05, 0.1) is 0 Å². The topological polar surface area (TPSA) is 78.9 Å². The molecule has 0 aliphatic rings. The molecular formula is C30H54O6. The summed E-state index contributed by atoms with van der Waals surface area (Å²) in [4.78, 5) is 36.6. The fourth-order valence-corrected chi connectivity index (χ4v) is 3.89. The molecule has 1 atom stereocenters. The van der Waals surface area contributed by atoms with Crippen LogP contribution in [-0.2, 0) is 28.6 Å². The number of carbonyl (C=O) groups excluding carboxylic acids is 3. The lowest BCUT2D eigenvalue weighted by atomic mass is 10.1.